The Morgan fingerprint density at radius 1 is 0.900 bits per heavy atom. The van der Waals surface area contributed by atoms with E-state index in [1.165, 1.54) is 0 Å². The van der Waals surface area contributed by atoms with E-state index in [9.17, 15) is 9.59 Å². The summed E-state index contributed by atoms with van der Waals surface area (Å²) in [5.74, 6) is -0.295. The van der Waals surface area contributed by atoms with Crippen LogP contribution in [0.2, 0.25) is 0 Å². The van der Waals surface area contributed by atoms with Gasteiger partial charge in [-0.25, -0.2) is 0 Å². The van der Waals surface area contributed by atoms with Crippen LogP contribution in [0.3, 0.4) is 0 Å². The number of ether oxygens (including phenoxy) is 2. The highest BCUT2D eigenvalue weighted by molar-refractivity contribution is 5.94. The van der Waals surface area contributed by atoms with Crippen molar-refractivity contribution in [2.24, 2.45) is 0 Å². The van der Waals surface area contributed by atoms with Crippen LogP contribution in [-0.4, -0.2) is 32.6 Å². The van der Waals surface area contributed by atoms with E-state index in [1.807, 2.05) is 79.7 Å². The van der Waals surface area contributed by atoms with Crippen LogP contribution in [-0.2, 0) is 14.3 Å². The minimum absolute atomic E-state index is 0.365. The molecule has 1 amide bonds. The smallest absolute Gasteiger partial charge is 0.318 e. The summed E-state index contributed by atoms with van der Waals surface area (Å²) in [7, 11) is 3.89. The van der Waals surface area contributed by atoms with Gasteiger partial charge in [0.1, 0.15) is 17.4 Å². The molecule has 6 heteroatoms. The molecule has 1 heterocycles. The van der Waals surface area contributed by atoms with Crippen LogP contribution in [0.5, 0.6) is 11.5 Å². The van der Waals surface area contributed by atoms with E-state index in [1.54, 1.807) is 12.1 Å². The topological polar surface area (TPSA) is 67.9 Å². The lowest BCUT2D eigenvalue weighted by molar-refractivity contribution is -0.148. The molecule has 0 aromatic heterocycles. The molecule has 0 radical (unpaired) electrons. The van der Waals surface area contributed by atoms with Gasteiger partial charge < -0.3 is 19.7 Å². The number of hydrogen-bond donors (Lipinski definition) is 1. The van der Waals surface area contributed by atoms with Crippen molar-refractivity contribution >= 4 is 23.3 Å². The molecular formula is C24H22N2O4. The third kappa shape index (κ3) is 3.98. The predicted molar refractivity (Wildman–Crippen MR) is 115 cm³/mol. The first-order valence-electron chi connectivity index (χ1n) is 9.62. The summed E-state index contributed by atoms with van der Waals surface area (Å²) < 4.78 is 11.3. The van der Waals surface area contributed by atoms with Crippen molar-refractivity contribution in [1.29, 1.82) is 0 Å². The Kier molecular flexibility index (Phi) is 5.39. The van der Waals surface area contributed by atoms with Crippen LogP contribution in [0.15, 0.2) is 72.8 Å². The second-order valence-electron chi connectivity index (χ2n) is 7.21. The summed E-state index contributed by atoms with van der Waals surface area (Å²) in [6, 6.07) is 22.1. The van der Waals surface area contributed by atoms with E-state index in [4.69, 9.17) is 9.47 Å². The maximum atomic E-state index is 12.9. The number of anilines is 2. The minimum atomic E-state index is -0.640. The van der Waals surface area contributed by atoms with Gasteiger partial charge in [-0.15, -0.1) is 0 Å². The average Bonchev–Trinajstić information content (AvgIpc) is 2.76. The van der Waals surface area contributed by atoms with Gasteiger partial charge >= 0.3 is 5.97 Å². The Morgan fingerprint density at radius 3 is 2.03 bits per heavy atom. The van der Waals surface area contributed by atoms with Crippen LogP contribution < -0.4 is 15.0 Å². The Hall–Kier alpha value is -3.80. The molecule has 0 spiro atoms. The molecule has 6 nitrogen and oxygen atoms in total. The van der Waals surface area contributed by atoms with Gasteiger partial charge in [-0.05, 0) is 36.4 Å². The van der Waals surface area contributed by atoms with Crippen LogP contribution in [0.25, 0.3) is 0 Å². The number of fused-ring (bicyclic) bond motifs is 2. The van der Waals surface area contributed by atoms with Gasteiger partial charge in [-0.1, -0.05) is 36.4 Å². The van der Waals surface area contributed by atoms with Crippen molar-refractivity contribution in [3.63, 3.8) is 0 Å². The maximum Gasteiger partial charge on any atom is 0.318 e. The number of nitrogens with zero attached hydrogens (tertiary/aromatic N) is 1. The summed E-state index contributed by atoms with van der Waals surface area (Å²) in [4.78, 5) is 27.2. The van der Waals surface area contributed by atoms with Crippen molar-refractivity contribution in [3.8, 4) is 11.5 Å². The highest BCUT2D eigenvalue weighted by atomic mass is 16.5. The Labute approximate surface area is 175 Å². The van der Waals surface area contributed by atoms with E-state index >= 15 is 0 Å². The molecule has 3 aromatic carbocycles. The lowest BCUT2D eigenvalue weighted by Gasteiger charge is -2.26. The maximum absolute atomic E-state index is 12.9. The normalized spacial score (nSPS) is 12.2. The predicted octanol–water partition coefficient (Wildman–Crippen LogP) is 4.17. The first-order chi connectivity index (χ1) is 14.5. The molecule has 0 aliphatic carbocycles. The van der Waals surface area contributed by atoms with Gasteiger partial charge in [0.15, 0.2) is 6.61 Å². The number of carbonyl (C=O) groups excluding carboxylic acids is 2. The summed E-state index contributed by atoms with van der Waals surface area (Å²) in [5, 5.41) is 2.75. The minimum Gasteiger partial charge on any atom is -0.457 e. The monoisotopic (exact) mass is 402 g/mol. The quantitative estimate of drug-likeness (QED) is 0.649. The van der Waals surface area contributed by atoms with Crippen LogP contribution >= 0.6 is 0 Å². The summed E-state index contributed by atoms with van der Waals surface area (Å²) in [6.07, 6.45) is 0. The Balaban J connectivity index is 1.45. The number of hydrogen-bond acceptors (Lipinski definition) is 5. The molecular weight excluding hydrogens is 380 g/mol. The zero-order chi connectivity index (χ0) is 21.1. The number of rotatable bonds is 5. The lowest BCUT2D eigenvalue weighted by Crippen LogP contribution is -2.26. The highest BCUT2D eigenvalue weighted by Crippen LogP contribution is 2.44. The SMILES string of the molecule is CN(C)c1ccc(NC(=O)COC(=O)C2c3ccccc3Oc3ccccc32)cc1. The molecule has 0 atom stereocenters. The zero-order valence-electron chi connectivity index (χ0n) is 16.8. The second kappa shape index (κ2) is 8.29. The van der Waals surface area contributed by atoms with Gasteiger partial charge in [-0.2, -0.15) is 0 Å². The molecule has 0 saturated heterocycles. The molecule has 1 N–H and O–H groups in total. The lowest BCUT2D eigenvalue weighted by atomic mass is 9.88. The van der Waals surface area contributed by atoms with Gasteiger partial charge in [0.25, 0.3) is 5.91 Å². The highest BCUT2D eigenvalue weighted by Gasteiger charge is 2.33. The fourth-order valence-corrected chi connectivity index (χ4v) is 3.42. The van der Waals surface area contributed by atoms with Gasteiger partial charge in [0.05, 0.1) is 0 Å². The zero-order valence-corrected chi connectivity index (χ0v) is 16.8. The summed E-state index contributed by atoms with van der Waals surface area (Å²) in [6.45, 7) is -0.365. The van der Waals surface area contributed by atoms with Gasteiger partial charge in [0, 0.05) is 36.6 Å². The average molecular weight is 402 g/mol. The van der Waals surface area contributed by atoms with E-state index in [0.29, 0.717) is 17.2 Å². The van der Waals surface area contributed by atoms with Crippen molar-refractivity contribution in [1.82, 2.24) is 0 Å². The van der Waals surface area contributed by atoms with Crippen LogP contribution in [0.4, 0.5) is 11.4 Å². The fourth-order valence-electron chi connectivity index (χ4n) is 3.42. The number of nitrogens with one attached hydrogen (secondary N) is 1. The third-order valence-electron chi connectivity index (χ3n) is 4.93. The number of amides is 1. The van der Waals surface area contributed by atoms with Crippen molar-refractivity contribution in [2.45, 2.75) is 5.92 Å². The first kappa shape index (κ1) is 19.5. The van der Waals surface area contributed by atoms with E-state index in [-0.39, 0.29) is 6.61 Å². The molecule has 0 unspecified atom stereocenters. The number of para-hydroxylation sites is 2. The molecule has 3 aromatic rings. The molecule has 4 rings (SSSR count). The van der Waals surface area contributed by atoms with Crippen molar-refractivity contribution < 1.29 is 19.1 Å². The molecule has 1 aliphatic heterocycles. The number of carbonyl (C=O) groups is 2. The largest absolute Gasteiger partial charge is 0.457 e. The second-order valence-corrected chi connectivity index (χ2v) is 7.21. The summed E-state index contributed by atoms with van der Waals surface area (Å²) in [5.41, 5.74) is 3.11. The van der Waals surface area contributed by atoms with Crippen LogP contribution in [0.1, 0.15) is 17.0 Å². The molecule has 0 fully saturated rings. The standard InChI is InChI=1S/C24H22N2O4/c1-26(2)17-13-11-16(12-14-17)25-22(27)15-29-24(28)23-18-7-3-5-9-20(18)30-21-10-6-4-8-19(21)23/h3-14,23H,15H2,1-2H3,(H,25,27). The first-order valence-corrected chi connectivity index (χ1v) is 9.62. The van der Waals surface area contributed by atoms with E-state index in [0.717, 1.165) is 16.8 Å². The van der Waals surface area contributed by atoms with E-state index < -0.39 is 17.8 Å². The Bertz CT molecular complexity index is 1030. The molecule has 0 bridgehead atoms. The molecule has 0 saturated carbocycles. The van der Waals surface area contributed by atoms with Crippen molar-refractivity contribution in [2.75, 3.05) is 30.9 Å². The molecule has 1 aliphatic rings. The molecule has 152 valence electrons. The van der Waals surface area contributed by atoms with Gasteiger partial charge in [0.2, 0.25) is 0 Å². The van der Waals surface area contributed by atoms with Crippen molar-refractivity contribution in [3.05, 3.63) is 83.9 Å². The summed E-state index contributed by atoms with van der Waals surface area (Å²) >= 11 is 0. The van der Waals surface area contributed by atoms with E-state index in [2.05, 4.69) is 5.32 Å². The number of benzene rings is 3. The Morgan fingerprint density at radius 2 is 1.47 bits per heavy atom. The fraction of sp³-hybridized carbons (Fsp3) is 0.167. The number of esters is 1. The van der Waals surface area contributed by atoms with Crippen LogP contribution in [0, 0.1) is 0 Å². The third-order valence-corrected chi connectivity index (χ3v) is 4.93. The van der Waals surface area contributed by atoms with Gasteiger partial charge in [-0.3, -0.25) is 9.59 Å². The molecule has 30 heavy (non-hydrogen) atoms.